The molecule has 0 atom stereocenters. The molecule has 0 aliphatic rings. The molecule has 0 bridgehead atoms. The van der Waals surface area contributed by atoms with Crippen LogP contribution in [-0.4, -0.2) is 6.61 Å². The van der Waals surface area contributed by atoms with Gasteiger partial charge in [-0.1, -0.05) is 32.9 Å². The van der Waals surface area contributed by atoms with Crippen LogP contribution < -0.4 is 0 Å². The van der Waals surface area contributed by atoms with Crippen molar-refractivity contribution in [3.8, 4) is 6.07 Å². The lowest BCUT2D eigenvalue weighted by molar-refractivity contribution is 0.0962. The molecule has 86 valence electrons. The molecular weight excluding hydrogens is 198 g/mol. The number of nitrogens with zero attached hydrogens (tertiary/aromatic N) is 1. The second-order valence-corrected chi connectivity index (χ2v) is 5.18. The van der Waals surface area contributed by atoms with Gasteiger partial charge in [0.2, 0.25) is 0 Å². The molecule has 0 saturated heterocycles. The van der Waals surface area contributed by atoms with Crippen LogP contribution in [0.2, 0.25) is 0 Å². The molecule has 0 aromatic heterocycles. The summed E-state index contributed by atoms with van der Waals surface area (Å²) in [5.74, 6) is 0. The average Bonchev–Trinajstić information content (AvgIpc) is 2.23. The van der Waals surface area contributed by atoms with Crippen LogP contribution in [0.3, 0.4) is 0 Å². The zero-order chi connectivity index (χ0) is 12.0. The normalized spacial score (nSPS) is 11.1. The van der Waals surface area contributed by atoms with Gasteiger partial charge in [0, 0.05) is 6.61 Å². The second-order valence-electron chi connectivity index (χ2n) is 5.18. The van der Waals surface area contributed by atoms with E-state index in [2.05, 4.69) is 26.8 Å². The molecular formula is C14H19NO. The van der Waals surface area contributed by atoms with Gasteiger partial charge < -0.3 is 4.74 Å². The number of hydrogen-bond acceptors (Lipinski definition) is 2. The van der Waals surface area contributed by atoms with Crippen LogP contribution in [0.4, 0.5) is 0 Å². The van der Waals surface area contributed by atoms with Crippen molar-refractivity contribution < 1.29 is 4.74 Å². The molecule has 0 spiro atoms. The molecule has 0 N–H and O–H groups in total. The Morgan fingerprint density at radius 2 is 2.06 bits per heavy atom. The van der Waals surface area contributed by atoms with Crippen molar-refractivity contribution in [2.24, 2.45) is 5.41 Å². The van der Waals surface area contributed by atoms with Gasteiger partial charge in [0.25, 0.3) is 0 Å². The minimum atomic E-state index is 0.314. The van der Waals surface area contributed by atoms with E-state index in [1.807, 2.05) is 18.2 Å². The Labute approximate surface area is 97.9 Å². The predicted molar refractivity (Wildman–Crippen MR) is 64.9 cm³/mol. The lowest BCUT2D eigenvalue weighted by Gasteiger charge is -2.17. The van der Waals surface area contributed by atoms with Gasteiger partial charge >= 0.3 is 0 Å². The van der Waals surface area contributed by atoms with Crippen molar-refractivity contribution in [1.29, 1.82) is 5.26 Å². The zero-order valence-corrected chi connectivity index (χ0v) is 10.3. The number of hydrogen-bond donors (Lipinski definition) is 0. The first-order valence-electron chi connectivity index (χ1n) is 5.58. The fourth-order valence-electron chi connectivity index (χ4n) is 1.30. The van der Waals surface area contributed by atoms with Gasteiger partial charge in [-0.05, 0) is 29.5 Å². The fraction of sp³-hybridized carbons (Fsp3) is 0.500. The summed E-state index contributed by atoms with van der Waals surface area (Å²) in [5.41, 5.74) is 2.07. The Bertz CT molecular complexity index is 371. The molecule has 0 radical (unpaired) electrons. The predicted octanol–water partition coefficient (Wildman–Crippen LogP) is 3.51. The Kier molecular flexibility index (Phi) is 4.52. The molecule has 2 nitrogen and oxygen atoms in total. The summed E-state index contributed by atoms with van der Waals surface area (Å²) in [5, 5.41) is 8.75. The van der Waals surface area contributed by atoms with Gasteiger partial charge in [-0.2, -0.15) is 5.26 Å². The highest BCUT2D eigenvalue weighted by Crippen LogP contribution is 2.18. The van der Waals surface area contributed by atoms with E-state index in [4.69, 9.17) is 10.00 Å². The summed E-state index contributed by atoms with van der Waals surface area (Å²) >= 11 is 0. The van der Waals surface area contributed by atoms with E-state index in [1.54, 1.807) is 6.07 Å². The maximum absolute atomic E-state index is 8.75. The van der Waals surface area contributed by atoms with E-state index in [0.717, 1.165) is 18.6 Å². The Morgan fingerprint density at radius 1 is 1.31 bits per heavy atom. The van der Waals surface area contributed by atoms with Crippen LogP contribution >= 0.6 is 0 Å². The topological polar surface area (TPSA) is 33.0 Å². The third-order valence-electron chi connectivity index (χ3n) is 2.32. The molecule has 0 aliphatic carbocycles. The first-order chi connectivity index (χ1) is 7.51. The van der Waals surface area contributed by atoms with Gasteiger partial charge in [0.05, 0.1) is 18.2 Å². The monoisotopic (exact) mass is 217 g/mol. The van der Waals surface area contributed by atoms with Gasteiger partial charge in [-0.3, -0.25) is 0 Å². The number of benzene rings is 1. The summed E-state index contributed by atoms with van der Waals surface area (Å²) < 4.78 is 5.59. The highest BCUT2D eigenvalue weighted by molar-refractivity contribution is 5.32. The van der Waals surface area contributed by atoms with Crippen LogP contribution in [-0.2, 0) is 11.3 Å². The highest BCUT2D eigenvalue weighted by atomic mass is 16.5. The molecule has 0 aliphatic heterocycles. The summed E-state index contributed by atoms with van der Waals surface area (Å²) in [6.07, 6.45) is 1.05. The SMILES string of the molecule is CC(C)(C)CCOCc1cccc(C#N)c1. The van der Waals surface area contributed by atoms with Crippen molar-refractivity contribution in [2.45, 2.75) is 33.8 Å². The molecule has 1 aromatic carbocycles. The Hall–Kier alpha value is -1.33. The zero-order valence-electron chi connectivity index (χ0n) is 10.3. The summed E-state index contributed by atoms with van der Waals surface area (Å²) in [4.78, 5) is 0. The van der Waals surface area contributed by atoms with Gasteiger partial charge in [-0.25, -0.2) is 0 Å². The van der Waals surface area contributed by atoms with Crippen LogP contribution in [0.5, 0.6) is 0 Å². The minimum absolute atomic E-state index is 0.314. The maximum Gasteiger partial charge on any atom is 0.0991 e. The molecule has 0 amide bonds. The Morgan fingerprint density at radius 3 is 2.69 bits per heavy atom. The quantitative estimate of drug-likeness (QED) is 0.723. The average molecular weight is 217 g/mol. The van der Waals surface area contributed by atoms with Crippen LogP contribution in [0, 0.1) is 16.7 Å². The van der Waals surface area contributed by atoms with E-state index in [1.165, 1.54) is 0 Å². The fourth-order valence-corrected chi connectivity index (χ4v) is 1.30. The molecule has 1 rings (SSSR count). The third-order valence-corrected chi connectivity index (χ3v) is 2.32. The van der Waals surface area contributed by atoms with E-state index in [9.17, 15) is 0 Å². The van der Waals surface area contributed by atoms with Crippen molar-refractivity contribution >= 4 is 0 Å². The van der Waals surface area contributed by atoms with E-state index >= 15 is 0 Å². The van der Waals surface area contributed by atoms with Crippen molar-refractivity contribution in [1.82, 2.24) is 0 Å². The first-order valence-corrected chi connectivity index (χ1v) is 5.58. The van der Waals surface area contributed by atoms with Crippen LogP contribution in [0.25, 0.3) is 0 Å². The van der Waals surface area contributed by atoms with Gasteiger partial charge in [0.15, 0.2) is 0 Å². The first kappa shape index (κ1) is 12.7. The molecule has 0 saturated carbocycles. The highest BCUT2D eigenvalue weighted by Gasteiger charge is 2.09. The van der Waals surface area contributed by atoms with Crippen molar-refractivity contribution in [3.05, 3.63) is 35.4 Å². The molecule has 0 unspecified atom stereocenters. The van der Waals surface area contributed by atoms with E-state index in [0.29, 0.717) is 17.6 Å². The summed E-state index contributed by atoms with van der Waals surface area (Å²) in [6.45, 7) is 7.96. The van der Waals surface area contributed by atoms with Crippen LogP contribution in [0.1, 0.15) is 38.3 Å². The van der Waals surface area contributed by atoms with Crippen LogP contribution in [0.15, 0.2) is 24.3 Å². The molecule has 0 heterocycles. The van der Waals surface area contributed by atoms with Crippen molar-refractivity contribution in [2.75, 3.05) is 6.61 Å². The smallest absolute Gasteiger partial charge is 0.0991 e. The Balaban J connectivity index is 2.35. The van der Waals surface area contributed by atoms with Gasteiger partial charge in [-0.15, -0.1) is 0 Å². The maximum atomic E-state index is 8.75. The molecule has 16 heavy (non-hydrogen) atoms. The largest absolute Gasteiger partial charge is 0.377 e. The lowest BCUT2D eigenvalue weighted by atomic mass is 9.93. The lowest BCUT2D eigenvalue weighted by Crippen LogP contribution is -2.09. The van der Waals surface area contributed by atoms with E-state index < -0.39 is 0 Å². The van der Waals surface area contributed by atoms with E-state index in [-0.39, 0.29) is 0 Å². The number of ether oxygens (including phenoxy) is 1. The molecule has 2 heteroatoms. The number of rotatable bonds is 4. The summed E-state index contributed by atoms with van der Waals surface area (Å²) in [6, 6.07) is 9.68. The molecule has 1 aromatic rings. The standard InChI is InChI=1S/C14H19NO/c1-14(2,3)7-8-16-11-13-6-4-5-12(9-13)10-15/h4-6,9H,7-8,11H2,1-3H3. The third kappa shape index (κ3) is 4.95. The number of nitriles is 1. The summed E-state index contributed by atoms with van der Waals surface area (Å²) in [7, 11) is 0. The second kappa shape index (κ2) is 5.67. The van der Waals surface area contributed by atoms with Gasteiger partial charge in [0.1, 0.15) is 0 Å². The van der Waals surface area contributed by atoms with Crippen molar-refractivity contribution in [3.63, 3.8) is 0 Å². The minimum Gasteiger partial charge on any atom is -0.377 e. The molecule has 0 fully saturated rings.